The molecule has 0 saturated carbocycles. The Balaban J connectivity index is 1.77. The van der Waals surface area contributed by atoms with Gasteiger partial charge < -0.3 is 4.57 Å². The van der Waals surface area contributed by atoms with Gasteiger partial charge in [0.2, 0.25) is 0 Å². The summed E-state index contributed by atoms with van der Waals surface area (Å²) in [4.78, 5) is 27.5. The fourth-order valence-electron chi connectivity index (χ4n) is 4.05. The average molecular weight is 508 g/mol. The minimum absolute atomic E-state index is 0.0498. The van der Waals surface area contributed by atoms with Crippen LogP contribution >= 0.6 is 28.1 Å². The third-order valence-electron chi connectivity index (χ3n) is 5.42. The Kier molecular flexibility index (Phi) is 5.88. The van der Waals surface area contributed by atoms with Crippen LogP contribution in [0, 0.1) is 27.7 Å². The van der Waals surface area contributed by atoms with Crippen molar-refractivity contribution in [3.8, 4) is 5.69 Å². The van der Waals surface area contributed by atoms with Crippen LogP contribution in [0.3, 0.4) is 0 Å². The molecule has 3 aromatic rings. The Hall–Kier alpha value is -3.03. The van der Waals surface area contributed by atoms with Crippen molar-refractivity contribution in [1.29, 1.82) is 0 Å². The van der Waals surface area contributed by atoms with Crippen molar-refractivity contribution in [2.24, 2.45) is 0 Å². The number of anilines is 1. The highest BCUT2D eigenvalue weighted by molar-refractivity contribution is 9.10. The predicted molar refractivity (Wildman–Crippen MR) is 135 cm³/mol. The van der Waals surface area contributed by atoms with Crippen molar-refractivity contribution in [1.82, 2.24) is 9.88 Å². The van der Waals surface area contributed by atoms with Crippen LogP contribution in [-0.4, -0.2) is 21.5 Å². The highest BCUT2D eigenvalue weighted by Gasteiger charge is 2.35. The monoisotopic (exact) mass is 507 g/mol. The summed E-state index contributed by atoms with van der Waals surface area (Å²) >= 11 is 8.79. The number of nitrogens with zero attached hydrogens (tertiary/aromatic N) is 2. The van der Waals surface area contributed by atoms with Gasteiger partial charge in [0, 0.05) is 21.5 Å². The molecule has 0 atom stereocenters. The van der Waals surface area contributed by atoms with Gasteiger partial charge >= 0.3 is 0 Å². The molecule has 2 aromatic carbocycles. The van der Waals surface area contributed by atoms with Gasteiger partial charge in [0.05, 0.1) is 5.69 Å². The summed E-state index contributed by atoms with van der Waals surface area (Å²) in [5, 5.41) is 2.75. The van der Waals surface area contributed by atoms with Crippen molar-refractivity contribution in [3.63, 3.8) is 0 Å². The van der Waals surface area contributed by atoms with Crippen molar-refractivity contribution in [3.05, 3.63) is 86.7 Å². The Morgan fingerprint density at radius 3 is 2.16 bits per heavy atom. The molecule has 0 aliphatic carbocycles. The van der Waals surface area contributed by atoms with Gasteiger partial charge in [-0.1, -0.05) is 22.0 Å². The Morgan fingerprint density at radius 1 is 0.906 bits per heavy atom. The molecule has 1 aliphatic heterocycles. The maximum absolute atomic E-state index is 13.4. The standard InChI is InChI=1S/C25H22BrN3O2S/c1-14-9-15(2)11-21(10-14)29-24(31)22(23(30)27-25(29)32)13-18-12-16(3)28(17(18)4)20-7-5-19(26)6-8-20/h5-13H,1-4H3,(H,27,30,32)/b22-13+. The Morgan fingerprint density at radius 2 is 1.53 bits per heavy atom. The van der Waals surface area contributed by atoms with Crippen molar-refractivity contribution < 1.29 is 9.59 Å². The van der Waals surface area contributed by atoms with E-state index in [-0.39, 0.29) is 10.7 Å². The lowest BCUT2D eigenvalue weighted by Crippen LogP contribution is -2.54. The number of carbonyl (C=O) groups excluding carboxylic acids is 2. The van der Waals surface area contributed by atoms with Gasteiger partial charge in [-0.05, 0) is 105 Å². The number of thiocarbonyl (C=S) groups is 1. The molecule has 5 nitrogen and oxygen atoms in total. The van der Waals surface area contributed by atoms with E-state index < -0.39 is 11.8 Å². The van der Waals surface area contributed by atoms with Crippen LogP contribution in [0.25, 0.3) is 11.8 Å². The fourth-order valence-corrected chi connectivity index (χ4v) is 4.59. The fraction of sp³-hybridized carbons (Fsp3) is 0.160. The number of aryl methyl sites for hydroxylation is 3. The molecule has 2 amide bonds. The summed E-state index contributed by atoms with van der Waals surface area (Å²) in [5.41, 5.74) is 6.46. The largest absolute Gasteiger partial charge is 0.318 e. The van der Waals surface area contributed by atoms with Gasteiger partial charge in [-0.2, -0.15) is 0 Å². The lowest BCUT2D eigenvalue weighted by molar-refractivity contribution is -0.122. The Labute approximate surface area is 200 Å². The van der Waals surface area contributed by atoms with E-state index in [0.29, 0.717) is 5.69 Å². The highest BCUT2D eigenvalue weighted by atomic mass is 79.9. The first-order chi connectivity index (χ1) is 15.2. The number of nitrogens with one attached hydrogen (secondary N) is 1. The maximum atomic E-state index is 13.4. The smallest absolute Gasteiger partial charge is 0.270 e. The first-order valence-electron chi connectivity index (χ1n) is 10.1. The molecule has 162 valence electrons. The third kappa shape index (κ3) is 4.06. The molecule has 1 aromatic heterocycles. The van der Waals surface area contributed by atoms with Gasteiger partial charge in [-0.3, -0.25) is 19.8 Å². The van der Waals surface area contributed by atoms with Gasteiger partial charge in [0.15, 0.2) is 5.11 Å². The summed E-state index contributed by atoms with van der Waals surface area (Å²) in [6.07, 6.45) is 1.65. The van der Waals surface area contributed by atoms with Crippen molar-refractivity contribution in [2.45, 2.75) is 27.7 Å². The van der Waals surface area contributed by atoms with Gasteiger partial charge in [0.1, 0.15) is 5.57 Å². The Bertz CT molecular complexity index is 1290. The van der Waals surface area contributed by atoms with E-state index in [2.05, 4.69) is 25.8 Å². The lowest BCUT2D eigenvalue weighted by atomic mass is 10.1. The minimum atomic E-state index is -0.492. The summed E-state index contributed by atoms with van der Waals surface area (Å²) < 4.78 is 3.09. The normalized spacial score (nSPS) is 15.5. The first-order valence-corrected chi connectivity index (χ1v) is 11.3. The molecular weight excluding hydrogens is 486 g/mol. The predicted octanol–water partition coefficient (Wildman–Crippen LogP) is 5.30. The SMILES string of the molecule is Cc1cc(C)cc(N2C(=O)/C(=C/c3cc(C)n(-c4ccc(Br)cc4)c3C)C(=O)NC2=S)c1. The third-order valence-corrected chi connectivity index (χ3v) is 6.23. The zero-order valence-electron chi connectivity index (χ0n) is 18.2. The van der Waals surface area contributed by atoms with E-state index in [0.717, 1.165) is 38.2 Å². The van der Waals surface area contributed by atoms with Crippen LogP contribution < -0.4 is 10.2 Å². The second-order valence-electron chi connectivity index (χ2n) is 7.94. The van der Waals surface area contributed by atoms with E-state index in [1.807, 2.05) is 76.2 Å². The van der Waals surface area contributed by atoms with Crippen LogP contribution in [0.1, 0.15) is 28.1 Å². The van der Waals surface area contributed by atoms with Gasteiger partial charge in [-0.15, -0.1) is 0 Å². The molecule has 0 bridgehead atoms. The zero-order chi connectivity index (χ0) is 23.2. The summed E-state index contributed by atoms with van der Waals surface area (Å²) in [6, 6.07) is 15.7. The number of carbonyl (C=O) groups is 2. The summed E-state index contributed by atoms with van der Waals surface area (Å²) in [7, 11) is 0. The quantitative estimate of drug-likeness (QED) is 0.297. The molecule has 7 heteroatoms. The van der Waals surface area contributed by atoms with E-state index in [9.17, 15) is 9.59 Å². The summed E-state index contributed by atoms with van der Waals surface area (Å²) in [5.74, 6) is -0.925. The molecule has 1 aliphatic rings. The van der Waals surface area contributed by atoms with Gasteiger partial charge in [0.25, 0.3) is 11.8 Å². The van der Waals surface area contributed by atoms with Crippen LogP contribution in [0.5, 0.6) is 0 Å². The number of amides is 2. The molecule has 1 fully saturated rings. The van der Waals surface area contributed by atoms with E-state index in [4.69, 9.17) is 12.2 Å². The number of hydrogen-bond acceptors (Lipinski definition) is 3. The van der Waals surface area contributed by atoms with E-state index >= 15 is 0 Å². The summed E-state index contributed by atoms with van der Waals surface area (Å²) in [6.45, 7) is 7.89. The molecule has 0 unspecified atom stereocenters. The van der Waals surface area contributed by atoms with Crippen LogP contribution in [-0.2, 0) is 9.59 Å². The molecule has 1 saturated heterocycles. The zero-order valence-corrected chi connectivity index (χ0v) is 20.6. The number of benzene rings is 2. The minimum Gasteiger partial charge on any atom is -0.318 e. The number of aromatic nitrogens is 1. The molecular formula is C25H22BrN3O2S. The van der Waals surface area contributed by atoms with E-state index in [1.165, 1.54) is 4.90 Å². The van der Waals surface area contributed by atoms with E-state index in [1.54, 1.807) is 6.08 Å². The first kappa shape index (κ1) is 22.2. The number of hydrogen-bond donors (Lipinski definition) is 1. The van der Waals surface area contributed by atoms with Gasteiger partial charge in [-0.25, -0.2) is 0 Å². The molecule has 1 N–H and O–H groups in total. The number of rotatable bonds is 3. The molecule has 2 heterocycles. The topological polar surface area (TPSA) is 54.3 Å². The second-order valence-corrected chi connectivity index (χ2v) is 9.24. The van der Waals surface area contributed by atoms with Crippen molar-refractivity contribution in [2.75, 3.05) is 4.90 Å². The molecule has 4 rings (SSSR count). The van der Waals surface area contributed by atoms with Crippen LogP contribution in [0.15, 0.2) is 58.6 Å². The maximum Gasteiger partial charge on any atom is 0.270 e. The average Bonchev–Trinajstić information content (AvgIpc) is 2.98. The van der Waals surface area contributed by atoms with Crippen LogP contribution in [0.4, 0.5) is 5.69 Å². The number of halogens is 1. The van der Waals surface area contributed by atoms with Crippen molar-refractivity contribution >= 4 is 56.8 Å². The molecule has 0 spiro atoms. The second kappa shape index (κ2) is 8.48. The molecule has 0 radical (unpaired) electrons. The van der Waals surface area contributed by atoms with Crippen LogP contribution in [0.2, 0.25) is 0 Å². The lowest BCUT2D eigenvalue weighted by Gasteiger charge is -2.29. The highest BCUT2D eigenvalue weighted by Crippen LogP contribution is 2.27. The molecule has 32 heavy (non-hydrogen) atoms.